The third-order valence-corrected chi connectivity index (χ3v) is 10.0. The van der Waals surface area contributed by atoms with E-state index in [9.17, 15) is 8.42 Å². The van der Waals surface area contributed by atoms with Crippen LogP contribution in [-0.4, -0.2) is 52.5 Å². The van der Waals surface area contributed by atoms with E-state index in [1.54, 1.807) is 26.6 Å². The predicted molar refractivity (Wildman–Crippen MR) is 172 cm³/mol. The minimum atomic E-state index is -1.42. The number of hydrogen-bond donors (Lipinski definition) is 2. The van der Waals surface area contributed by atoms with E-state index >= 15 is 0 Å². The number of nitrogens with zero attached hydrogens (tertiary/aromatic N) is 4. The van der Waals surface area contributed by atoms with Gasteiger partial charge >= 0.3 is 0 Å². The Morgan fingerprint density at radius 3 is 1.45 bits per heavy atom. The number of nitrogens with one attached hydrogen (secondary N) is 2. The van der Waals surface area contributed by atoms with E-state index in [2.05, 4.69) is 29.9 Å². The number of aryl methyl sites for hydroxylation is 2. The lowest BCUT2D eigenvalue weighted by Gasteiger charge is -2.11. The summed E-state index contributed by atoms with van der Waals surface area (Å²) in [6.45, 7) is 7.71. The summed E-state index contributed by atoms with van der Waals surface area (Å²) in [5.74, 6) is 1.96. The fourth-order valence-electron chi connectivity index (χ4n) is 5.37. The second-order valence-corrected chi connectivity index (χ2v) is 13.4. The van der Waals surface area contributed by atoms with Gasteiger partial charge in [-0.25, -0.2) is 9.97 Å². The molecule has 12 heteroatoms. The number of hydrogen-bond acceptors (Lipinski definition) is 8. The van der Waals surface area contributed by atoms with Crippen molar-refractivity contribution in [2.45, 2.75) is 49.5 Å². The number of rotatable bonds is 9. The van der Waals surface area contributed by atoms with Crippen LogP contribution < -0.4 is 9.47 Å². The second-order valence-electron chi connectivity index (χ2n) is 10.6. The molecule has 4 heterocycles. The number of ether oxygens (including phenoxy) is 2. The van der Waals surface area contributed by atoms with Crippen molar-refractivity contribution >= 4 is 43.7 Å². The number of aromatic nitrogens is 6. The zero-order valence-electron chi connectivity index (χ0n) is 25.3. The number of fused-ring (bicyclic) bond motifs is 2. The number of methoxy groups -OCH3 is 2. The molecule has 2 N–H and O–H groups in total. The van der Waals surface area contributed by atoms with Gasteiger partial charge in [0.15, 0.2) is 10.3 Å². The smallest absolute Gasteiger partial charge is 0.197 e. The normalized spacial score (nSPS) is 13.0. The first-order valence-electron chi connectivity index (χ1n) is 13.9. The van der Waals surface area contributed by atoms with Crippen molar-refractivity contribution < 1.29 is 17.9 Å². The highest BCUT2D eigenvalue weighted by Crippen LogP contribution is 2.30. The van der Waals surface area contributed by atoms with Gasteiger partial charge in [0, 0.05) is 34.6 Å². The van der Waals surface area contributed by atoms with Crippen LogP contribution in [0.3, 0.4) is 0 Å². The van der Waals surface area contributed by atoms with Gasteiger partial charge in [-0.2, -0.15) is 0 Å². The van der Waals surface area contributed by atoms with Gasteiger partial charge in [-0.3, -0.25) is 18.4 Å². The van der Waals surface area contributed by atoms with E-state index in [4.69, 9.17) is 9.47 Å². The molecule has 2 aromatic carbocycles. The molecule has 0 amide bonds. The average Bonchev–Trinajstić information content (AvgIpc) is 3.64. The summed E-state index contributed by atoms with van der Waals surface area (Å²) in [5, 5.41) is 0.787. The Morgan fingerprint density at radius 2 is 1.07 bits per heavy atom. The van der Waals surface area contributed by atoms with Crippen LogP contribution in [0.4, 0.5) is 0 Å². The Labute approximate surface area is 259 Å². The molecule has 6 rings (SSSR count). The van der Waals surface area contributed by atoms with E-state index in [0.29, 0.717) is 21.7 Å². The summed E-state index contributed by atoms with van der Waals surface area (Å²) in [4.78, 5) is 24.6. The van der Waals surface area contributed by atoms with Crippen LogP contribution >= 0.6 is 0 Å². The van der Waals surface area contributed by atoms with Crippen molar-refractivity contribution in [1.82, 2.24) is 29.9 Å². The lowest BCUT2D eigenvalue weighted by atomic mass is 10.0. The van der Waals surface area contributed by atoms with Crippen LogP contribution in [0.1, 0.15) is 33.6 Å². The van der Waals surface area contributed by atoms with E-state index in [1.807, 2.05) is 64.1 Å². The van der Waals surface area contributed by atoms with E-state index in [0.717, 1.165) is 66.9 Å². The predicted octanol–water partition coefficient (Wildman–Crippen LogP) is 5.76. The van der Waals surface area contributed by atoms with Gasteiger partial charge in [0.1, 0.15) is 11.5 Å². The zero-order valence-corrected chi connectivity index (χ0v) is 26.9. The van der Waals surface area contributed by atoms with Crippen molar-refractivity contribution in [1.29, 1.82) is 0 Å². The third kappa shape index (κ3) is 5.50. The lowest BCUT2D eigenvalue weighted by Crippen LogP contribution is -2.05. The SMILES string of the molecule is COc1c(C)cnc(CS(=O)c2nc3ccc(-c4ccc5nc(S(=O)Cc6ncc(C)c(OC)c6C)[nH]c5c4)cc3[nH]2)c1C. The lowest BCUT2D eigenvalue weighted by molar-refractivity contribution is 0.407. The fourth-order valence-corrected chi connectivity index (χ4v) is 7.57. The van der Waals surface area contributed by atoms with Crippen molar-refractivity contribution in [2.75, 3.05) is 14.2 Å². The van der Waals surface area contributed by atoms with Crippen LogP contribution in [0.5, 0.6) is 11.5 Å². The summed E-state index contributed by atoms with van der Waals surface area (Å²) in [7, 11) is 0.402. The van der Waals surface area contributed by atoms with Crippen molar-refractivity contribution in [3.8, 4) is 22.6 Å². The fraction of sp³-hybridized carbons (Fsp3) is 0.250. The number of pyridine rings is 2. The molecular formula is C32H32N6O4S2. The topological polar surface area (TPSA) is 136 Å². The summed E-state index contributed by atoms with van der Waals surface area (Å²) in [6, 6.07) is 11.7. The van der Waals surface area contributed by atoms with Gasteiger partial charge in [0.2, 0.25) is 0 Å². The Kier molecular flexibility index (Phi) is 8.04. The molecule has 0 spiro atoms. The molecule has 0 aliphatic heterocycles. The molecule has 44 heavy (non-hydrogen) atoms. The summed E-state index contributed by atoms with van der Waals surface area (Å²) in [6.07, 6.45) is 3.47. The Hall–Kier alpha value is -4.42. The van der Waals surface area contributed by atoms with Crippen LogP contribution in [0.15, 0.2) is 59.1 Å². The summed E-state index contributed by atoms with van der Waals surface area (Å²) < 4.78 is 37.5. The molecule has 2 atom stereocenters. The molecule has 0 bridgehead atoms. The van der Waals surface area contributed by atoms with E-state index in [-0.39, 0.29) is 11.5 Å². The molecule has 226 valence electrons. The molecular weight excluding hydrogens is 597 g/mol. The molecule has 0 radical (unpaired) electrons. The maximum absolute atomic E-state index is 13.3. The van der Waals surface area contributed by atoms with Gasteiger partial charge in [-0.1, -0.05) is 12.1 Å². The van der Waals surface area contributed by atoms with Gasteiger partial charge in [-0.05, 0) is 63.1 Å². The number of imidazole rings is 2. The molecule has 0 saturated carbocycles. The standard InChI is InChI=1S/C32H32N6O4S2/c1-17-13-33-27(19(3)29(17)41-5)15-43(39)31-35-23-9-7-21(11-25(23)37-31)22-8-10-24-26(12-22)38-32(36-24)44(40)16-28-20(4)30(42-6)18(2)14-34-28/h7-14H,15-16H2,1-6H3,(H,35,37)(H,36,38). The quantitative estimate of drug-likeness (QED) is 0.206. The van der Waals surface area contributed by atoms with Crippen LogP contribution in [0.2, 0.25) is 0 Å². The Balaban J connectivity index is 1.23. The first kappa shape index (κ1) is 29.6. The third-order valence-electron chi connectivity index (χ3n) is 7.72. The minimum absolute atomic E-state index is 0.225. The van der Waals surface area contributed by atoms with Crippen molar-refractivity contribution in [3.05, 3.63) is 82.4 Å². The Bertz CT molecular complexity index is 1950. The van der Waals surface area contributed by atoms with Gasteiger partial charge in [0.25, 0.3) is 0 Å². The highest BCUT2D eigenvalue weighted by molar-refractivity contribution is 7.84. The zero-order chi connectivity index (χ0) is 31.1. The van der Waals surface area contributed by atoms with Crippen molar-refractivity contribution in [3.63, 3.8) is 0 Å². The highest BCUT2D eigenvalue weighted by atomic mass is 32.2. The minimum Gasteiger partial charge on any atom is -0.496 e. The van der Waals surface area contributed by atoms with E-state index in [1.165, 1.54) is 0 Å². The number of benzene rings is 2. The first-order valence-corrected chi connectivity index (χ1v) is 16.6. The molecule has 0 aliphatic rings. The molecule has 0 aliphatic carbocycles. The summed E-state index contributed by atoms with van der Waals surface area (Å²) in [5.41, 5.74) is 9.95. The molecule has 10 nitrogen and oxygen atoms in total. The van der Waals surface area contributed by atoms with Gasteiger partial charge in [0.05, 0.1) is 80.8 Å². The summed E-state index contributed by atoms with van der Waals surface area (Å²) >= 11 is 0. The molecule has 0 fully saturated rings. The van der Waals surface area contributed by atoms with Gasteiger partial charge in [-0.15, -0.1) is 0 Å². The first-order chi connectivity index (χ1) is 21.2. The number of H-pyrrole nitrogens is 2. The molecule has 0 saturated heterocycles. The molecule has 2 unspecified atom stereocenters. The maximum Gasteiger partial charge on any atom is 0.197 e. The van der Waals surface area contributed by atoms with Crippen molar-refractivity contribution in [2.24, 2.45) is 0 Å². The second kappa shape index (κ2) is 11.9. The van der Waals surface area contributed by atoms with E-state index < -0.39 is 21.6 Å². The molecule has 6 aromatic rings. The maximum atomic E-state index is 13.3. The van der Waals surface area contributed by atoms with Gasteiger partial charge < -0.3 is 19.4 Å². The molecule has 4 aromatic heterocycles. The highest BCUT2D eigenvalue weighted by Gasteiger charge is 2.18. The monoisotopic (exact) mass is 628 g/mol. The largest absolute Gasteiger partial charge is 0.496 e. The van der Waals surface area contributed by atoms with Crippen LogP contribution in [0, 0.1) is 27.7 Å². The van der Waals surface area contributed by atoms with Crippen LogP contribution in [0.25, 0.3) is 33.2 Å². The Morgan fingerprint density at radius 1 is 0.659 bits per heavy atom. The average molecular weight is 629 g/mol. The number of aromatic amines is 2. The van der Waals surface area contributed by atoms with Crippen LogP contribution in [-0.2, 0) is 33.1 Å².